The monoisotopic (exact) mass is 405 g/mol. The molecule has 0 bridgehead atoms. The van der Waals surface area contributed by atoms with Gasteiger partial charge in [0.15, 0.2) is 6.29 Å². The van der Waals surface area contributed by atoms with E-state index in [1.165, 1.54) is 7.11 Å². The number of hydrogen-bond donors (Lipinski definition) is 1. The third kappa shape index (κ3) is 4.28. The number of H-pyrrole nitrogens is 1. The van der Waals surface area contributed by atoms with Gasteiger partial charge in [0, 0.05) is 20.2 Å². The first-order valence-corrected chi connectivity index (χ1v) is 10.1. The molecule has 0 saturated carbocycles. The molecule has 2 fully saturated rings. The number of Topliss-reactive ketones (excluding diaryl/α,β-unsaturated/α-hetero) is 1. The van der Waals surface area contributed by atoms with Gasteiger partial charge in [0.1, 0.15) is 11.7 Å². The van der Waals surface area contributed by atoms with Gasteiger partial charge in [-0.1, -0.05) is 0 Å². The highest BCUT2D eigenvalue weighted by Gasteiger charge is 2.29. The molecule has 9 nitrogen and oxygen atoms in total. The SMILES string of the molecule is COC1C=Cc2[nH]c(=O)n(CCC3CCN(CC4OCCO4)CC3)c(=O)c2C1=O. The normalized spacial score (nSPS) is 23.6. The van der Waals surface area contributed by atoms with E-state index in [0.717, 1.165) is 43.5 Å². The third-order valence-corrected chi connectivity index (χ3v) is 5.98. The minimum Gasteiger partial charge on any atom is -0.369 e. The summed E-state index contributed by atoms with van der Waals surface area (Å²) in [6, 6.07) is 0. The molecule has 0 spiro atoms. The highest BCUT2D eigenvalue weighted by Crippen LogP contribution is 2.22. The lowest BCUT2D eigenvalue weighted by Gasteiger charge is -2.33. The molecule has 1 aliphatic carbocycles. The van der Waals surface area contributed by atoms with Gasteiger partial charge >= 0.3 is 5.69 Å². The van der Waals surface area contributed by atoms with Gasteiger partial charge in [0.2, 0.25) is 5.78 Å². The maximum atomic E-state index is 12.8. The number of ketones is 1. The molecule has 1 aromatic rings. The van der Waals surface area contributed by atoms with E-state index in [1.54, 1.807) is 12.2 Å². The predicted octanol–water partition coefficient (Wildman–Crippen LogP) is 0.236. The van der Waals surface area contributed by atoms with Crippen LogP contribution in [0.15, 0.2) is 15.7 Å². The van der Waals surface area contributed by atoms with E-state index in [9.17, 15) is 14.4 Å². The van der Waals surface area contributed by atoms with Crippen molar-refractivity contribution in [1.82, 2.24) is 14.5 Å². The molecule has 1 atom stereocenters. The van der Waals surface area contributed by atoms with E-state index in [1.807, 2.05) is 0 Å². The summed E-state index contributed by atoms with van der Waals surface area (Å²) in [5.74, 6) is 0.0194. The van der Waals surface area contributed by atoms with Crippen LogP contribution in [0, 0.1) is 5.92 Å². The van der Waals surface area contributed by atoms with Crippen LogP contribution >= 0.6 is 0 Å². The smallest absolute Gasteiger partial charge is 0.328 e. The zero-order valence-corrected chi connectivity index (χ0v) is 16.6. The molecule has 3 heterocycles. The van der Waals surface area contributed by atoms with E-state index >= 15 is 0 Å². The van der Waals surface area contributed by atoms with Crippen molar-refractivity contribution >= 4 is 11.9 Å². The van der Waals surface area contributed by atoms with Crippen LogP contribution in [0.1, 0.15) is 35.3 Å². The van der Waals surface area contributed by atoms with Crippen LogP contribution in [-0.4, -0.2) is 72.6 Å². The third-order valence-electron chi connectivity index (χ3n) is 5.98. The molecule has 3 aliphatic rings. The number of nitrogens with zero attached hydrogens (tertiary/aromatic N) is 2. The summed E-state index contributed by atoms with van der Waals surface area (Å²) in [7, 11) is 1.42. The molecule has 2 aliphatic heterocycles. The number of aromatic nitrogens is 2. The zero-order valence-electron chi connectivity index (χ0n) is 16.6. The standard InChI is InChI=1S/C20H27N3O6/c1-27-15-3-2-14-17(18(15)24)19(25)23(20(26)21-14)9-6-13-4-7-22(8-5-13)12-16-28-10-11-29-16/h2-3,13,15-16H,4-12H2,1H3,(H,21,26). The van der Waals surface area contributed by atoms with Gasteiger partial charge in [0.05, 0.1) is 18.9 Å². The maximum absolute atomic E-state index is 12.8. The number of hydrogen-bond acceptors (Lipinski definition) is 7. The van der Waals surface area contributed by atoms with E-state index in [2.05, 4.69) is 9.88 Å². The summed E-state index contributed by atoms with van der Waals surface area (Å²) in [6.45, 7) is 4.30. The first kappa shape index (κ1) is 20.2. The van der Waals surface area contributed by atoms with Crippen LogP contribution in [0.4, 0.5) is 0 Å². The van der Waals surface area contributed by atoms with Crippen LogP contribution in [0.3, 0.4) is 0 Å². The zero-order chi connectivity index (χ0) is 20.4. The van der Waals surface area contributed by atoms with Crippen molar-refractivity contribution in [2.45, 2.75) is 38.2 Å². The van der Waals surface area contributed by atoms with Gasteiger partial charge in [0.25, 0.3) is 5.56 Å². The average Bonchev–Trinajstić information content (AvgIpc) is 3.22. The second-order valence-corrected chi connectivity index (χ2v) is 7.76. The fourth-order valence-corrected chi connectivity index (χ4v) is 4.25. The Balaban J connectivity index is 1.38. The molecular formula is C20H27N3O6. The number of methoxy groups -OCH3 is 1. The fourth-order valence-electron chi connectivity index (χ4n) is 4.25. The highest BCUT2D eigenvalue weighted by molar-refractivity contribution is 6.05. The van der Waals surface area contributed by atoms with Gasteiger partial charge in [-0.15, -0.1) is 0 Å². The summed E-state index contributed by atoms with van der Waals surface area (Å²) in [4.78, 5) is 42.7. The molecule has 158 valence electrons. The van der Waals surface area contributed by atoms with Crippen molar-refractivity contribution in [1.29, 1.82) is 0 Å². The number of nitrogens with one attached hydrogen (secondary N) is 1. The maximum Gasteiger partial charge on any atom is 0.328 e. The highest BCUT2D eigenvalue weighted by atomic mass is 16.7. The fraction of sp³-hybridized carbons (Fsp3) is 0.650. The predicted molar refractivity (Wildman–Crippen MR) is 105 cm³/mol. The van der Waals surface area contributed by atoms with E-state index in [4.69, 9.17) is 14.2 Å². The average molecular weight is 405 g/mol. The summed E-state index contributed by atoms with van der Waals surface area (Å²) in [5.41, 5.74) is -0.743. The van der Waals surface area contributed by atoms with Crippen LogP contribution in [0.25, 0.3) is 6.08 Å². The number of fused-ring (bicyclic) bond motifs is 1. The van der Waals surface area contributed by atoms with Crippen molar-refractivity contribution in [3.8, 4) is 0 Å². The van der Waals surface area contributed by atoms with Crippen molar-refractivity contribution in [2.75, 3.05) is 40.0 Å². The molecule has 0 amide bonds. The number of carbonyl (C=O) groups excluding carboxylic acids is 1. The molecule has 29 heavy (non-hydrogen) atoms. The summed E-state index contributed by atoms with van der Waals surface area (Å²) < 4.78 is 17.3. The van der Waals surface area contributed by atoms with Crippen molar-refractivity contribution < 1.29 is 19.0 Å². The van der Waals surface area contributed by atoms with Gasteiger partial charge in [-0.25, -0.2) is 4.79 Å². The van der Waals surface area contributed by atoms with Crippen LogP contribution in [-0.2, 0) is 20.8 Å². The lowest BCUT2D eigenvalue weighted by molar-refractivity contribution is -0.0662. The van der Waals surface area contributed by atoms with E-state index in [0.29, 0.717) is 25.7 Å². The largest absolute Gasteiger partial charge is 0.369 e. The van der Waals surface area contributed by atoms with Crippen LogP contribution < -0.4 is 11.2 Å². The Labute approximate surface area is 168 Å². The van der Waals surface area contributed by atoms with Crippen molar-refractivity contribution in [3.05, 3.63) is 38.2 Å². The molecule has 0 radical (unpaired) electrons. The summed E-state index contributed by atoms with van der Waals surface area (Å²) in [6.07, 6.45) is 4.92. The van der Waals surface area contributed by atoms with Crippen LogP contribution in [0.5, 0.6) is 0 Å². The Morgan fingerprint density at radius 1 is 1.17 bits per heavy atom. The molecule has 4 rings (SSSR count). The lowest BCUT2D eigenvalue weighted by atomic mass is 9.93. The quantitative estimate of drug-likeness (QED) is 0.723. The molecule has 1 unspecified atom stereocenters. The topological polar surface area (TPSA) is 103 Å². The Hall–Kier alpha value is -2.07. The minimum atomic E-state index is -0.785. The molecule has 2 saturated heterocycles. The summed E-state index contributed by atoms with van der Waals surface area (Å²) >= 11 is 0. The Kier molecular flexibility index (Phi) is 6.09. The van der Waals surface area contributed by atoms with Gasteiger partial charge < -0.3 is 19.2 Å². The second-order valence-electron chi connectivity index (χ2n) is 7.76. The lowest BCUT2D eigenvalue weighted by Crippen LogP contribution is -2.43. The summed E-state index contributed by atoms with van der Waals surface area (Å²) in [5, 5.41) is 0. The Morgan fingerprint density at radius 2 is 1.90 bits per heavy atom. The van der Waals surface area contributed by atoms with E-state index in [-0.39, 0.29) is 17.5 Å². The number of aromatic amines is 1. The Morgan fingerprint density at radius 3 is 2.59 bits per heavy atom. The number of carbonyl (C=O) groups is 1. The molecular weight excluding hydrogens is 378 g/mol. The molecule has 9 heteroatoms. The van der Waals surface area contributed by atoms with Gasteiger partial charge in [-0.05, 0) is 50.4 Å². The molecule has 1 aromatic heterocycles. The number of rotatable bonds is 6. The van der Waals surface area contributed by atoms with Gasteiger partial charge in [-0.3, -0.25) is 19.1 Å². The van der Waals surface area contributed by atoms with Crippen molar-refractivity contribution in [2.24, 2.45) is 5.92 Å². The number of likely N-dealkylation sites (tertiary alicyclic amines) is 1. The van der Waals surface area contributed by atoms with E-state index < -0.39 is 23.1 Å². The second kappa shape index (κ2) is 8.74. The molecule has 0 aromatic carbocycles. The van der Waals surface area contributed by atoms with Crippen molar-refractivity contribution in [3.63, 3.8) is 0 Å². The number of piperidine rings is 1. The van der Waals surface area contributed by atoms with Gasteiger partial charge in [-0.2, -0.15) is 0 Å². The minimum absolute atomic E-state index is 0.00494. The van der Waals surface area contributed by atoms with Crippen LogP contribution in [0.2, 0.25) is 0 Å². The number of ether oxygens (including phenoxy) is 3. The first-order valence-electron chi connectivity index (χ1n) is 10.1. The first-order chi connectivity index (χ1) is 14.1. The molecule has 1 N–H and O–H groups in total. The Bertz CT molecular complexity index is 890.